The molecule has 2 N–H and O–H groups in total. The minimum Gasteiger partial charge on any atom is -0.377 e. The molecule has 1 aliphatic heterocycles. The van der Waals surface area contributed by atoms with Crippen molar-refractivity contribution in [3.63, 3.8) is 0 Å². The Balaban J connectivity index is 0.00000280. The summed E-state index contributed by atoms with van der Waals surface area (Å²) in [5, 5.41) is 10.9. The maximum atomic E-state index is 5.67. The molecular formula is C20H30IN5O2. The second kappa shape index (κ2) is 12.7. The fraction of sp³-hybridized carbons (Fsp3) is 0.500. The molecule has 0 spiro atoms. The number of ether oxygens (including phenoxy) is 2. The third kappa shape index (κ3) is 7.40. The maximum absolute atomic E-state index is 5.67. The molecule has 154 valence electrons. The number of benzene rings is 1. The van der Waals surface area contributed by atoms with Crippen LogP contribution in [0, 0.1) is 0 Å². The molecule has 8 heteroatoms. The average molecular weight is 499 g/mol. The monoisotopic (exact) mass is 499 g/mol. The predicted molar refractivity (Wildman–Crippen MR) is 121 cm³/mol. The first-order valence-electron chi connectivity index (χ1n) is 9.53. The summed E-state index contributed by atoms with van der Waals surface area (Å²) in [5.41, 5.74) is 2.47. The summed E-state index contributed by atoms with van der Waals surface area (Å²) < 4.78 is 13.2. The molecule has 0 amide bonds. The van der Waals surface area contributed by atoms with Crippen molar-refractivity contribution in [2.24, 2.45) is 4.99 Å². The molecule has 1 saturated heterocycles. The summed E-state index contributed by atoms with van der Waals surface area (Å²) in [5.74, 6) is 0.768. The van der Waals surface area contributed by atoms with E-state index in [0.717, 1.165) is 32.0 Å². The summed E-state index contributed by atoms with van der Waals surface area (Å²) in [4.78, 5) is 4.28. The molecule has 28 heavy (non-hydrogen) atoms. The van der Waals surface area contributed by atoms with E-state index in [1.54, 1.807) is 13.2 Å². The Morgan fingerprint density at radius 3 is 2.86 bits per heavy atom. The Morgan fingerprint density at radius 2 is 2.14 bits per heavy atom. The molecule has 1 atom stereocenters. The lowest BCUT2D eigenvalue weighted by Gasteiger charge is -2.15. The van der Waals surface area contributed by atoms with Crippen LogP contribution in [-0.2, 0) is 22.6 Å². The van der Waals surface area contributed by atoms with Gasteiger partial charge in [0.1, 0.15) is 0 Å². The van der Waals surface area contributed by atoms with Crippen molar-refractivity contribution in [3.05, 3.63) is 53.9 Å². The van der Waals surface area contributed by atoms with E-state index in [1.807, 2.05) is 16.9 Å². The van der Waals surface area contributed by atoms with Gasteiger partial charge in [-0.3, -0.25) is 9.67 Å². The van der Waals surface area contributed by atoms with Gasteiger partial charge in [-0.25, -0.2) is 0 Å². The van der Waals surface area contributed by atoms with Gasteiger partial charge in [-0.1, -0.05) is 24.3 Å². The van der Waals surface area contributed by atoms with Crippen LogP contribution in [0.2, 0.25) is 0 Å². The minimum atomic E-state index is 0. The van der Waals surface area contributed by atoms with Crippen LogP contribution in [-0.4, -0.2) is 55.3 Å². The molecule has 1 aromatic carbocycles. The maximum Gasteiger partial charge on any atom is 0.191 e. The van der Waals surface area contributed by atoms with Crippen molar-refractivity contribution in [1.82, 2.24) is 20.4 Å². The lowest BCUT2D eigenvalue weighted by molar-refractivity contribution is 0.0191. The van der Waals surface area contributed by atoms with Gasteiger partial charge in [-0.15, -0.1) is 24.0 Å². The zero-order valence-corrected chi connectivity index (χ0v) is 18.7. The topological polar surface area (TPSA) is 72.7 Å². The minimum absolute atomic E-state index is 0. The van der Waals surface area contributed by atoms with Gasteiger partial charge in [0.2, 0.25) is 0 Å². The van der Waals surface area contributed by atoms with E-state index in [2.05, 4.69) is 45.0 Å². The Bertz CT molecular complexity index is 702. The van der Waals surface area contributed by atoms with E-state index in [-0.39, 0.29) is 30.1 Å². The van der Waals surface area contributed by atoms with Crippen LogP contribution in [0.3, 0.4) is 0 Å². The Morgan fingerprint density at radius 1 is 1.29 bits per heavy atom. The largest absolute Gasteiger partial charge is 0.377 e. The van der Waals surface area contributed by atoms with E-state index in [4.69, 9.17) is 9.47 Å². The van der Waals surface area contributed by atoms with Crippen LogP contribution >= 0.6 is 24.0 Å². The zero-order valence-electron chi connectivity index (χ0n) is 16.3. The van der Waals surface area contributed by atoms with Gasteiger partial charge in [0.25, 0.3) is 0 Å². The molecule has 3 rings (SSSR count). The fourth-order valence-electron chi connectivity index (χ4n) is 3.08. The van der Waals surface area contributed by atoms with Gasteiger partial charge in [0.15, 0.2) is 5.96 Å². The van der Waals surface area contributed by atoms with E-state index >= 15 is 0 Å². The first-order valence-corrected chi connectivity index (χ1v) is 9.53. The Labute approximate surface area is 183 Å². The van der Waals surface area contributed by atoms with Crippen LogP contribution in [0.15, 0.2) is 47.7 Å². The molecule has 0 aliphatic carbocycles. The van der Waals surface area contributed by atoms with Gasteiger partial charge < -0.3 is 20.1 Å². The lowest BCUT2D eigenvalue weighted by Crippen LogP contribution is -2.39. The molecule has 0 radical (unpaired) electrons. The van der Waals surface area contributed by atoms with Gasteiger partial charge in [0, 0.05) is 39.1 Å². The number of aliphatic imine (C=N–C) groups is 1. The zero-order chi connectivity index (χ0) is 18.7. The summed E-state index contributed by atoms with van der Waals surface area (Å²) in [6.45, 7) is 4.35. The molecule has 7 nitrogen and oxygen atoms in total. The van der Waals surface area contributed by atoms with E-state index in [0.29, 0.717) is 26.3 Å². The van der Waals surface area contributed by atoms with E-state index in [1.165, 1.54) is 11.1 Å². The highest BCUT2D eigenvalue weighted by molar-refractivity contribution is 14.0. The van der Waals surface area contributed by atoms with Gasteiger partial charge in [-0.05, 0) is 30.0 Å². The van der Waals surface area contributed by atoms with Crippen LogP contribution in [0.25, 0.3) is 0 Å². The number of nitrogens with zero attached hydrogens (tertiary/aromatic N) is 3. The lowest BCUT2D eigenvalue weighted by atomic mass is 10.1. The molecule has 1 unspecified atom stereocenters. The first-order chi connectivity index (χ1) is 13.3. The third-order valence-electron chi connectivity index (χ3n) is 4.55. The molecule has 2 aromatic rings. The SMILES string of the molecule is CN=C(NCCOCC1CCCO1)NCc1ccccc1Cn1cccn1.I. The number of halogens is 1. The number of nitrogens with one attached hydrogen (secondary N) is 2. The summed E-state index contributed by atoms with van der Waals surface area (Å²) in [6, 6.07) is 10.3. The number of aromatic nitrogens is 2. The molecular weight excluding hydrogens is 469 g/mol. The highest BCUT2D eigenvalue weighted by Crippen LogP contribution is 2.12. The second-order valence-corrected chi connectivity index (χ2v) is 6.53. The predicted octanol–water partition coefficient (Wildman–Crippen LogP) is 2.41. The standard InChI is InChI=1S/C20H29N5O2.HI/c1-21-20(22-10-13-26-16-19-8-4-12-27-19)23-14-17-6-2-3-7-18(17)15-25-11-5-9-24-25;/h2-3,5-7,9,11,19H,4,8,10,12-16H2,1H3,(H2,21,22,23);1H. The molecule has 1 fully saturated rings. The molecule has 1 aliphatic rings. The van der Waals surface area contributed by atoms with Gasteiger partial charge >= 0.3 is 0 Å². The number of hydrogen-bond donors (Lipinski definition) is 2. The van der Waals surface area contributed by atoms with Crippen molar-refractivity contribution in [2.45, 2.75) is 32.0 Å². The van der Waals surface area contributed by atoms with Crippen molar-refractivity contribution in [2.75, 3.05) is 33.4 Å². The number of guanidine groups is 1. The van der Waals surface area contributed by atoms with E-state index < -0.39 is 0 Å². The summed E-state index contributed by atoms with van der Waals surface area (Å²) in [6.07, 6.45) is 6.29. The smallest absolute Gasteiger partial charge is 0.191 e. The average Bonchev–Trinajstić information content (AvgIpc) is 3.39. The Kier molecular flexibility index (Phi) is 10.3. The third-order valence-corrected chi connectivity index (χ3v) is 4.55. The quantitative estimate of drug-likeness (QED) is 0.240. The Hall–Kier alpha value is -1.65. The summed E-state index contributed by atoms with van der Waals surface area (Å²) in [7, 11) is 1.78. The highest BCUT2D eigenvalue weighted by atomic mass is 127. The van der Waals surface area contributed by atoms with Gasteiger partial charge in [0.05, 0.1) is 25.9 Å². The van der Waals surface area contributed by atoms with Crippen molar-refractivity contribution >= 4 is 29.9 Å². The number of hydrogen-bond acceptors (Lipinski definition) is 4. The second-order valence-electron chi connectivity index (χ2n) is 6.53. The van der Waals surface area contributed by atoms with Gasteiger partial charge in [-0.2, -0.15) is 5.10 Å². The van der Waals surface area contributed by atoms with E-state index in [9.17, 15) is 0 Å². The molecule has 2 heterocycles. The normalized spacial score (nSPS) is 16.6. The van der Waals surface area contributed by atoms with Crippen LogP contribution in [0.1, 0.15) is 24.0 Å². The van der Waals surface area contributed by atoms with Crippen molar-refractivity contribution in [1.29, 1.82) is 0 Å². The van der Waals surface area contributed by atoms with Crippen LogP contribution in [0.4, 0.5) is 0 Å². The van der Waals surface area contributed by atoms with Crippen LogP contribution in [0.5, 0.6) is 0 Å². The highest BCUT2D eigenvalue weighted by Gasteiger charge is 2.14. The fourth-order valence-corrected chi connectivity index (χ4v) is 3.08. The van der Waals surface area contributed by atoms with Crippen molar-refractivity contribution in [3.8, 4) is 0 Å². The molecule has 0 bridgehead atoms. The first kappa shape index (κ1) is 22.6. The van der Waals surface area contributed by atoms with Crippen molar-refractivity contribution < 1.29 is 9.47 Å². The summed E-state index contributed by atoms with van der Waals surface area (Å²) >= 11 is 0. The molecule has 0 saturated carbocycles. The van der Waals surface area contributed by atoms with Crippen LogP contribution < -0.4 is 10.6 Å². The molecule has 1 aromatic heterocycles. The number of rotatable bonds is 9.